The lowest BCUT2D eigenvalue weighted by atomic mass is 9.64. The van der Waals surface area contributed by atoms with Crippen LogP contribution in [-0.2, 0) is 24.5 Å². The summed E-state index contributed by atoms with van der Waals surface area (Å²) >= 11 is 0. The van der Waals surface area contributed by atoms with Gasteiger partial charge >= 0.3 is 11.9 Å². The van der Waals surface area contributed by atoms with Crippen molar-refractivity contribution in [3.8, 4) is 0 Å². The highest BCUT2D eigenvalue weighted by Crippen LogP contribution is 2.44. The molecule has 0 aliphatic heterocycles. The van der Waals surface area contributed by atoms with Gasteiger partial charge in [0.25, 0.3) is 0 Å². The molecule has 1 aromatic heterocycles. The number of nitrogens with zero attached hydrogens (tertiary/aromatic N) is 1. The van der Waals surface area contributed by atoms with E-state index in [4.69, 9.17) is 18.9 Å². The zero-order valence-corrected chi connectivity index (χ0v) is 27.3. The Morgan fingerprint density at radius 3 is 2.07 bits per heavy atom. The summed E-state index contributed by atoms with van der Waals surface area (Å²) in [6, 6.07) is 30.8. The van der Waals surface area contributed by atoms with Gasteiger partial charge in [-0.3, -0.25) is 9.79 Å². The molecule has 1 fully saturated rings. The van der Waals surface area contributed by atoms with Crippen molar-refractivity contribution in [2.24, 2.45) is 16.8 Å². The maximum absolute atomic E-state index is 14.0. The molecule has 5 rings (SSSR count). The number of hydrogen-bond donors (Lipinski definition) is 0. The standard InChI is InChI=1S/C40H45NO5/c1-5-45-39(43)38(41-37(29-15-9-6-10-16-29)30-17-11-7-12-18-30)33(31-23-24-44-27-31)26-36(42)46-35-25-28(2)21-22-34(35)40(3,4)32-19-13-8-14-20-32/h6-20,23-24,27-28,33-35,38H,5,21-22,25-26H2,1-4H3/t28-,33+,34-,35-,38-/m1/s1. The van der Waals surface area contributed by atoms with E-state index in [-0.39, 0.29) is 36.4 Å². The summed E-state index contributed by atoms with van der Waals surface area (Å²) in [5.41, 5.74) is 4.11. The third kappa shape index (κ3) is 7.85. The topological polar surface area (TPSA) is 78.1 Å². The Hall–Kier alpha value is -4.45. The molecular weight excluding hydrogens is 574 g/mol. The van der Waals surface area contributed by atoms with Crippen LogP contribution >= 0.6 is 0 Å². The minimum absolute atomic E-state index is 0.0489. The SMILES string of the molecule is CCOC(=O)[C@H](N=C(c1ccccc1)c1ccccc1)[C@@H](CC(=O)O[C@@H]1C[C@H](C)CC[C@H]1C(C)(C)c1ccccc1)c1ccoc1. The van der Waals surface area contributed by atoms with Crippen molar-refractivity contribution in [1.82, 2.24) is 0 Å². The monoisotopic (exact) mass is 619 g/mol. The fourth-order valence-electron chi connectivity index (χ4n) is 6.84. The van der Waals surface area contributed by atoms with Crippen LogP contribution in [0.4, 0.5) is 0 Å². The zero-order valence-electron chi connectivity index (χ0n) is 27.3. The predicted octanol–water partition coefficient (Wildman–Crippen LogP) is 8.55. The molecule has 46 heavy (non-hydrogen) atoms. The lowest BCUT2D eigenvalue weighted by molar-refractivity contribution is -0.157. The highest BCUT2D eigenvalue weighted by Gasteiger charge is 2.43. The van der Waals surface area contributed by atoms with Crippen LogP contribution in [0.3, 0.4) is 0 Å². The normalized spacial score (nSPS) is 19.4. The van der Waals surface area contributed by atoms with Crippen molar-refractivity contribution in [1.29, 1.82) is 0 Å². The van der Waals surface area contributed by atoms with Gasteiger partial charge < -0.3 is 13.9 Å². The van der Waals surface area contributed by atoms with Gasteiger partial charge in [-0.2, -0.15) is 0 Å². The van der Waals surface area contributed by atoms with Gasteiger partial charge in [0, 0.05) is 23.0 Å². The first-order valence-corrected chi connectivity index (χ1v) is 16.4. The summed E-state index contributed by atoms with van der Waals surface area (Å²) in [4.78, 5) is 32.8. The second-order valence-electron chi connectivity index (χ2n) is 12.9. The van der Waals surface area contributed by atoms with Gasteiger partial charge in [-0.25, -0.2) is 4.79 Å². The molecule has 0 spiro atoms. The Morgan fingerprint density at radius 1 is 0.891 bits per heavy atom. The highest BCUT2D eigenvalue weighted by molar-refractivity contribution is 6.13. The van der Waals surface area contributed by atoms with Crippen molar-refractivity contribution < 1.29 is 23.5 Å². The largest absolute Gasteiger partial charge is 0.472 e. The Bertz CT molecular complexity index is 1520. The van der Waals surface area contributed by atoms with Crippen LogP contribution in [0.2, 0.25) is 0 Å². The molecule has 0 saturated heterocycles. The number of aliphatic imine (C=N–C) groups is 1. The molecule has 1 aliphatic rings. The van der Waals surface area contributed by atoms with E-state index in [9.17, 15) is 9.59 Å². The van der Waals surface area contributed by atoms with E-state index in [0.717, 1.165) is 30.4 Å². The summed E-state index contributed by atoms with van der Waals surface area (Å²) in [5, 5.41) is 0. The molecule has 3 aromatic carbocycles. The lowest BCUT2D eigenvalue weighted by Gasteiger charge is -2.44. The maximum Gasteiger partial charge on any atom is 0.331 e. The molecule has 1 heterocycles. The smallest absolute Gasteiger partial charge is 0.331 e. The zero-order chi connectivity index (χ0) is 32.5. The molecular formula is C40H45NO5. The first kappa shape index (κ1) is 32.9. The predicted molar refractivity (Wildman–Crippen MR) is 181 cm³/mol. The van der Waals surface area contributed by atoms with Gasteiger partial charge in [-0.05, 0) is 48.3 Å². The molecule has 240 valence electrons. The molecule has 0 N–H and O–H groups in total. The number of rotatable bonds is 12. The number of carbonyl (C=O) groups is 2. The van der Waals surface area contributed by atoms with E-state index in [0.29, 0.717) is 17.2 Å². The molecule has 0 bridgehead atoms. The van der Waals surface area contributed by atoms with Crippen molar-refractivity contribution in [2.75, 3.05) is 6.61 Å². The average molecular weight is 620 g/mol. The molecule has 6 nitrogen and oxygen atoms in total. The number of esters is 2. The third-order valence-electron chi connectivity index (χ3n) is 9.41. The highest BCUT2D eigenvalue weighted by atomic mass is 16.5. The second kappa shape index (κ2) is 15.2. The van der Waals surface area contributed by atoms with E-state index in [1.807, 2.05) is 66.7 Å². The molecule has 4 aromatic rings. The number of benzene rings is 3. The Labute approximate surface area is 272 Å². The number of furan rings is 1. The molecule has 1 saturated carbocycles. The van der Waals surface area contributed by atoms with Crippen LogP contribution in [0.1, 0.15) is 81.5 Å². The van der Waals surface area contributed by atoms with E-state index in [2.05, 4.69) is 45.0 Å². The van der Waals surface area contributed by atoms with Crippen LogP contribution < -0.4 is 0 Å². The number of ether oxygens (including phenoxy) is 2. The van der Waals surface area contributed by atoms with Gasteiger partial charge in [0.1, 0.15) is 6.10 Å². The molecule has 1 aliphatic carbocycles. The van der Waals surface area contributed by atoms with Crippen LogP contribution in [-0.4, -0.2) is 36.4 Å². The third-order valence-corrected chi connectivity index (χ3v) is 9.41. The summed E-state index contributed by atoms with van der Waals surface area (Å²) in [5.74, 6) is -0.912. The minimum Gasteiger partial charge on any atom is -0.472 e. The summed E-state index contributed by atoms with van der Waals surface area (Å²) < 4.78 is 17.5. The fourth-order valence-corrected chi connectivity index (χ4v) is 6.84. The van der Waals surface area contributed by atoms with Gasteiger partial charge in [-0.15, -0.1) is 0 Å². The first-order valence-electron chi connectivity index (χ1n) is 16.4. The van der Waals surface area contributed by atoms with Crippen molar-refractivity contribution in [3.05, 3.63) is 132 Å². The molecule has 0 amide bonds. The number of hydrogen-bond acceptors (Lipinski definition) is 6. The quantitative estimate of drug-likeness (QED) is 0.117. The van der Waals surface area contributed by atoms with E-state index < -0.39 is 17.9 Å². The van der Waals surface area contributed by atoms with Crippen LogP contribution in [0, 0.1) is 11.8 Å². The number of carbonyl (C=O) groups excluding carboxylic acids is 2. The van der Waals surface area contributed by atoms with E-state index in [1.54, 1.807) is 25.5 Å². The molecule has 6 heteroatoms. The fraction of sp³-hybridized carbons (Fsp3) is 0.375. The summed E-state index contributed by atoms with van der Waals surface area (Å²) in [6.07, 6.45) is 5.70. The Kier molecular flexibility index (Phi) is 10.9. The van der Waals surface area contributed by atoms with E-state index in [1.165, 1.54) is 5.56 Å². The maximum atomic E-state index is 14.0. The first-order chi connectivity index (χ1) is 22.3. The van der Waals surface area contributed by atoms with Gasteiger partial charge in [0.15, 0.2) is 6.04 Å². The van der Waals surface area contributed by atoms with Gasteiger partial charge in [-0.1, -0.05) is 118 Å². The Morgan fingerprint density at radius 2 is 1.50 bits per heavy atom. The van der Waals surface area contributed by atoms with Gasteiger partial charge in [0.05, 0.1) is 31.3 Å². The lowest BCUT2D eigenvalue weighted by Crippen LogP contribution is -2.43. The summed E-state index contributed by atoms with van der Waals surface area (Å²) in [7, 11) is 0. The Balaban J connectivity index is 1.49. The molecule has 0 radical (unpaired) electrons. The van der Waals surface area contributed by atoms with Crippen LogP contribution in [0.15, 0.2) is 119 Å². The van der Waals surface area contributed by atoms with Crippen LogP contribution in [0.25, 0.3) is 0 Å². The summed E-state index contributed by atoms with van der Waals surface area (Å²) in [6.45, 7) is 8.68. The van der Waals surface area contributed by atoms with Crippen LogP contribution in [0.5, 0.6) is 0 Å². The van der Waals surface area contributed by atoms with Crippen molar-refractivity contribution in [2.45, 2.75) is 76.9 Å². The van der Waals surface area contributed by atoms with Crippen molar-refractivity contribution in [3.63, 3.8) is 0 Å². The van der Waals surface area contributed by atoms with Crippen molar-refractivity contribution >= 4 is 17.7 Å². The average Bonchev–Trinajstić information content (AvgIpc) is 3.61. The van der Waals surface area contributed by atoms with E-state index >= 15 is 0 Å². The molecule has 0 unspecified atom stereocenters. The minimum atomic E-state index is -1.01. The second-order valence-corrected chi connectivity index (χ2v) is 12.9. The molecule has 5 atom stereocenters. The van der Waals surface area contributed by atoms with Gasteiger partial charge in [0.2, 0.25) is 0 Å².